The van der Waals surface area contributed by atoms with Crippen molar-refractivity contribution in [3.8, 4) is 11.1 Å². The average molecular weight is 485 g/mol. The summed E-state index contributed by atoms with van der Waals surface area (Å²) in [6.45, 7) is 3.26. The molecule has 2 aliphatic rings. The molecule has 1 aliphatic heterocycles. The van der Waals surface area contributed by atoms with Crippen LogP contribution in [0, 0.1) is 5.92 Å². The second-order valence-electron chi connectivity index (χ2n) is 9.88. The number of hydrogen-bond donors (Lipinski definition) is 2. The van der Waals surface area contributed by atoms with Crippen LogP contribution in [0.1, 0.15) is 37.7 Å². The Morgan fingerprint density at radius 1 is 0.972 bits per heavy atom. The van der Waals surface area contributed by atoms with Gasteiger partial charge in [-0.2, -0.15) is 10.2 Å². The molecule has 186 valence electrons. The quantitative estimate of drug-likeness (QED) is 0.365. The first-order valence-electron chi connectivity index (χ1n) is 13.0. The molecule has 0 bridgehead atoms. The minimum absolute atomic E-state index is 0.337. The van der Waals surface area contributed by atoms with Crippen LogP contribution in [0.4, 0.5) is 11.6 Å². The Labute approximate surface area is 210 Å². The molecule has 4 aromatic heterocycles. The van der Waals surface area contributed by atoms with E-state index in [2.05, 4.69) is 43.0 Å². The summed E-state index contributed by atoms with van der Waals surface area (Å²) in [6, 6.07) is 8.06. The third kappa shape index (κ3) is 5.52. The molecule has 5 heterocycles. The van der Waals surface area contributed by atoms with Crippen LogP contribution in [0.25, 0.3) is 22.2 Å². The predicted molar refractivity (Wildman–Crippen MR) is 139 cm³/mol. The van der Waals surface area contributed by atoms with E-state index in [0.29, 0.717) is 12.7 Å². The second kappa shape index (κ2) is 10.7. The second-order valence-corrected chi connectivity index (χ2v) is 9.88. The van der Waals surface area contributed by atoms with Crippen molar-refractivity contribution in [3.63, 3.8) is 0 Å². The molecule has 1 saturated carbocycles. The van der Waals surface area contributed by atoms with Crippen LogP contribution in [0.2, 0.25) is 0 Å². The number of nitrogens with zero attached hydrogens (tertiary/aromatic N) is 6. The molecule has 0 spiro atoms. The van der Waals surface area contributed by atoms with Crippen molar-refractivity contribution in [1.82, 2.24) is 35.3 Å². The minimum atomic E-state index is 0.337. The van der Waals surface area contributed by atoms with Crippen LogP contribution >= 0.6 is 0 Å². The highest BCUT2D eigenvalue weighted by Gasteiger charge is 2.17. The Kier molecular flexibility index (Phi) is 6.82. The maximum absolute atomic E-state index is 5.80. The van der Waals surface area contributed by atoms with Gasteiger partial charge < -0.3 is 15.4 Å². The van der Waals surface area contributed by atoms with Crippen LogP contribution in [0.3, 0.4) is 0 Å². The van der Waals surface area contributed by atoms with Crippen molar-refractivity contribution in [1.29, 1.82) is 0 Å². The molecule has 4 aromatic rings. The first-order valence-corrected chi connectivity index (χ1v) is 13.0. The van der Waals surface area contributed by atoms with E-state index in [1.54, 1.807) is 0 Å². The summed E-state index contributed by atoms with van der Waals surface area (Å²) < 4.78 is 7.71. The SMILES string of the molecule is c1nnc(Nc2ccc3ncc(-c4cnn(CCOC5CNC5)c4)cc3n2)cc1CC1CCCCC1. The number of anilines is 2. The highest BCUT2D eigenvalue weighted by Crippen LogP contribution is 2.28. The van der Waals surface area contributed by atoms with E-state index >= 15 is 0 Å². The smallest absolute Gasteiger partial charge is 0.154 e. The summed E-state index contributed by atoms with van der Waals surface area (Å²) in [6.07, 6.45) is 15.8. The third-order valence-electron chi connectivity index (χ3n) is 7.14. The van der Waals surface area contributed by atoms with E-state index < -0.39 is 0 Å². The number of rotatable bonds is 9. The highest BCUT2D eigenvalue weighted by molar-refractivity contribution is 5.81. The molecule has 6 rings (SSSR count). The van der Waals surface area contributed by atoms with Gasteiger partial charge in [0.2, 0.25) is 0 Å². The van der Waals surface area contributed by atoms with Crippen LogP contribution in [0.5, 0.6) is 0 Å². The van der Waals surface area contributed by atoms with Gasteiger partial charge >= 0.3 is 0 Å². The molecule has 0 atom stereocenters. The van der Waals surface area contributed by atoms with Crippen molar-refractivity contribution in [3.05, 3.63) is 54.6 Å². The Morgan fingerprint density at radius 3 is 2.75 bits per heavy atom. The summed E-state index contributed by atoms with van der Waals surface area (Å²) in [5.74, 6) is 2.21. The highest BCUT2D eigenvalue weighted by atomic mass is 16.5. The topological polar surface area (TPSA) is 103 Å². The monoisotopic (exact) mass is 484 g/mol. The molecular formula is C27H32N8O. The lowest BCUT2D eigenvalue weighted by Crippen LogP contribution is -2.48. The summed E-state index contributed by atoms with van der Waals surface area (Å²) in [7, 11) is 0. The van der Waals surface area contributed by atoms with Gasteiger partial charge in [0, 0.05) is 36.6 Å². The first kappa shape index (κ1) is 23.0. The summed E-state index contributed by atoms with van der Waals surface area (Å²) in [5, 5.41) is 19.5. The maximum atomic E-state index is 5.80. The van der Waals surface area contributed by atoms with E-state index in [-0.39, 0.29) is 0 Å². The number of aromatic nitrogens is 6. The Hall–Kier alpha value is -3.43. The molecule has 2 N–H and O–H groups in total. The van der Waals surface area contributed by atoms with Crippen LogP contribution in [0.15, 0.2) is 49.1 Å². The molecule has 36 heavy (non-hydrogen) atoms. The minimum Gasteiger partial charge on any atom is -0.374 e. The van der Waals surface area contributed by atoms with E-state index in [0.717, 1.165) is 65.8 Å². The molecule has 0 radical (unpaired) electrons. The number of pyridine rings is 2. The molecule has 0 unspecified atom stereocenters. The predicted octanol–water partition coefficient (Wildman–Crippen LogP) is 4.14. The van der Waals surface area contributed by atoms with Gasteiger partial charge in [-0.3, -0.25) is 9.67 Å². The van der Waals surface area contributed by atoms with E-state index in [1.807, 2.05) is 41.6 Å². The normalized spacial score (nSPS) is 16.8. The van der Waals surface area contributed by atoms with Crippen molar-refractivity contribution >= 4 is 22.7 Å². The number of fused-ring (bicyclic) bond motifs is 1. The van der Waals surface area contributed by atoms with Crippen molar-refractivity contribution < 1.29 is 4.74 Å². The zero-order valence-corrected chi connectivity index (χ0v) is 20.4. The average Bonchev–Trinajstić information content (AvgIpc) is 3.35. The molecule has 0 aromatic carbocycles. The van der Waals surface area contributed by atoms with Crippen molar-refractivity contribution in [2.75, 3.05) is 25.0 Å². The van der Waals surface area contributed by atoms with Crippen LogP contribution in [-0.2, 0) is 17.7 Å². The van der Waals surface area contributed by atoms with Crippen molar-refractivity contribution in [2.45, 2.75) is 51.2 Å². The van der Waals surface area contributed by atoms with Gasteiger partial charge in [-0.1, -0.05) is 32.1 Å². The first-order chi connectivity index (χ1) is 17.8. The fraction of sp³-hybridized carbons (Fsp3) is 0.444. The standard InChI is InChI=1S/C27H32N8O/c1-2-4-19(5-3-1)10-20-11-27(34-30-13-20)33-26-7-6-24-25(32-26)12-21(14-29-24)22-15-31-35(18-22)8-9-36-23-16-28-17-23/h6-7,11-15,18-19,23,28H,1-5,8-10,16-17H2,(H,32,33,34). The fourth-order valence-corrected chi connectivity index (χ4v) is 5.00. The summed E-state index contributed by atoms with van der Waals surface area (Å²) in [5.41, 5.74) is 4.89. The zero-order valence-electron chi connectivity index (χ0n) is 20.4. The number of nitrogens with one attached hydrogen (secondary N) is 2. The molecule has 1 aliphatic carbocycles. The maximum Gasteiger partial charge on any atom is 0.154 e. The molecular weight excluding hydrogens is 452 g/mol. The van der Waals surface area contributed by atoms with Gasteiger partial charge in [0.25, 0.3) is 0 Å². The van der Waals surface area contributed by atoms with E-state index in [1.165, 1.54) is 37.7 Å². The van der Waals surface area contributed by atoms with Gasteiger partial charge in [-0.25, -0.2) is 4.98 Å². The Morgan fingerprint density at radius 2 is 1.89 bits per heavy atom. The van der Waals surface area contributed by atoms with Gasteiger partial charge in [0.15, 0.2) is 5.82 Å². The molecule has 1 saturated heterocycles. The van der Waals surface area contributed by atoms with Gasteiger partial charge in [-0.05, 0) is 42.2 Å². The molecule has 2 fully saturated rings. The Balaban J connectivity index is 1.13. The fourth-order valence-electron chi connectivity index (χ4n) is 5.00. The number of hydrogen-bond acceptors (Lipinski definition) is 8. The molecule has 0 amide bonds. The van der Waals surface area contributed by atoms with Crippen molar-refractivity contribution in [2.24, 2.45) is 5.92 Å². The molecule has 9 heteroatoms. The summed E-state index contributed by atoms with van der Waals surface area (Å²) in [4.78, 5) is 9.41. The van der Waals surface area contributed by atoms with E-state index in [9.17, 15) is 0 Å². The number of ether oxygens (including phenoxy) is 1. The van der Waals surface area contributed by atoms with Gasteiger partial charge in [-0.15, -0.1) is 5.10 Å². The lowest BCUT2D eigenvalue weighted by molar-refractivity contribution is 0.0137. The van der Waals surface area contributed by atoms with Gasteiger partial charge in [0.1, 0.15) is 5.82 Å². The van der Waals surface area contributed by atoms with E-state index in [4.69, 9.17) is 9.72 Å². The van der Waals surface area contributed by atoms with Crippen LogP contribution < -0.4 is 10.6 Å². The Bertz CT molecular complexity index is 1310. The lowest BCUT2D eigenvalue weighted by Gasteiger charge is -2.26. The molecule has 9 nitrogen and oxygen atoms in total. The van der Waals surface area contributed by atoms with Gasteiger partial charge in [0.05, 0.1) is 42.7 Å². The van der Waals surface area contributed by atoms with Crippen LogP contribution in [-0.4, -0.2) is 55.7 Å². The third-order valence-corrected chi connectivity index (χ3v) is 7.14. The largest absolute Gasteiger partial charge is 0.374 e. The zero-order chi connectivity index (χ0) is 24.2. The summed E-state index contributed by atoms with van der Waals surface area (Å²) >= 11 is 0. The lowest BCUT2D eigenvalue weighted by atomic mass is 9.85.